The van der Waals surface area contributed by atoms with Gasteiger partial charge in [-0.25, -0.2) is 4.63 Å². The number of aromatic nitrogens is 2. The Morgan fingerprint density at radius 2 is 2.00 bits per heavy atom. The van der Waals surface area contributed by atoms with Crippen molar-refractivity contribution in [2.75, 3.05) is 40.9 Å². The average molecular weight is 411 g/mol. The van der Waals surface area contributed by atoms with Crippen molar-refractivity contribution in [2.24, 2.45) is 0 Å². The molecular formula is C23H30N4O3. The Labute approximate surface area is 177 Å². The summed E-state index contributed by atoms with van der Waals surface area (Å²) in [5, 5.41) is 8.05. The molecule has 30 heavy (non-hydrogen) atoms. The van der Waals surface area contributed by atoms with Crippen LogP contribution in [0.5, 0.6) is 11.5 Å². The molecule has 160 valence electrons. The lowest BCUT2D eigenvalue weighted by molar-refractivity contribution is 0.112. The number of ether oxygens (including phenoxy) is 2. The van der Waals surface area contributed by atoms with Crippen LogP contribution in [0.2, 0.25) is 0 Å². The van der Waals surface area contributed by atoms with Gasteiger partial charge < -0.3 is 14.4 Å². The van der Waals surface area contributed by atoms with Crippen LogP contribution in [0, 0.1) is 0 Å². The van der Waals surface area contributed by atoms with E-state index in [9.17, 15) is 0 Å². The van der Waals surface area contributed by atoms with E-state index in [-0.39, 0.29) is 0 Å². The highest BCUT2D eigenvalue weighted by atomic mass is 16.6. The Morgan fingerprint density at radius 3 is 2.83 bits per heavy atom. The molecule has 0 N–H and O–H groups in total. The van der Waals surface area contributed by atoms with E-state index in [0.717, 1.165) is 55.1 Å². The van der Waals surface area contributed by atoms with E-state index < -0.39 is 0 Å². The van der Waals surface area contributed by atoms with E-state index in [1.807, 2.05) is 18.2 Å². The topological polar surface area (TPSA) is 63.9 Å². The maximum atomic E-state index is 5.43. The second kappa shape index (κ2) is 9.45. The summed E-state index contributed by atoms with van der Waals surface area (Å²) in [6, 6.07) is 12.8. The van der Waals surface area contributed by atoms with Gasteiger partial charge in [-0.15, -0.1) is 0 Å². The minimum Gasteiger partial charge on any atom is -0.493 e. The van der Waals surface area contributed by atoms with E-state index in [0.29, 0.717) is 6.04 Å². The number of piperidine rings is 1. The molecule has 7 heteroatoms. The third kappa shape index (κ3) is 4.57. The van der Waals surface area contributed by atoms with Crippen LogP contribution >= 0.6 is 0 Å². The smallest absolute Gasteiger partial charge is 0.160 e. The van der Waals surface area contributed by atoms with Crippen molar-refractivity contribution < 1.29 is 14.1 Å². The second-order valence-electron chi connectivity index (χ2n) is 8.00. The highest BCUT2D eigenvalue weighted by Gasteiger charge is 2.24. The molecule has 0 amide bonds. The fourth-order valence-corrected chi connectivity index (χ4v) is 4.29. The van der Waals surface area contributed by atoms with Gasteiger partial charge in [0.25, 0.3) is 0 Å². The highest BCUT2D eigenvalue weighted by Crippen LogP contribution is 2.28. The van der Waals surface area contributed by atoms with Gasteiger partial charge in [0, 0.05) is 25.7 Å². The van der Waals surface area contributed by atoms with E-state index in [2.05, 4.69) is 45.4 Å². The summed E-state index contributed by atoms with van der Waals surface area (Å²) >= 11 is 0. The number of likely N-dealkylation sites (N-methyl/N-ethyl adjacent to an activating group) is 1. The number of rotatable bonds is 8. The standard InChI is InChI=1S/C23H30N4O3/c1-26(13-11-17-9-10-21(28-2)22(14-17)29-3)19-7-5-12-27(16-19)15-18-6-4-8-20-23(18)25-30-24-20/h4,6,8-10,14,19H,5,7,11-13,15-16H2,1-3H3. The first-order chi connectivity index (χ1) is 14.7. The van der Waals surface area contributed by atoms with Crippen LogP contribution in [0.1, 0.15) is 24.0 Å². The lowest BCUT2D eigenvalue weighted by Gasteiger charge is -2.37. The third-order valence-corrected chi connectivity index (χ3v) is 6.07. The molecule has 1 aromatic heterocycles. The van der Waals surface area contributed by atoms with Gasteiger partial charge in [0.1, 0.15) is 11.0 Å². The fourth-order valence-electron chi connectivity index (χ4n) is 4.29. The fraction of sp³-hybridized carbons (Fsp3) is 0.478. The summed E-state index contributed by atoms with van der Waals surface area (Å²) in [7, 11) is 5.58. The molecule has 1 aliphatic rings. The number of likely N-dealkylation sites (tertiary alicyclic amines) is 1. The molecule has 7 nitrogen and oxygen atoms in total. The second-order valence-corrected chi connectivity index (χ2v) is 8.00. The number of nitrogens with zero attached hydrogens (tertiary/aromatic N) is 4. The molecule has 0 saturated carbocycles. The van der Waals surface area contributed by atoms with Crippen molar-refractivity contribution in [2.45, 2.75) is 31.8 Å². The summed E-state index contributed by atoms with van der Waals surface area (Å²) in [4.78, 5) is 5.01. The normalized spacial score (nSPS) is 17.5. The van der Waals surface area contributed by atoms with Crippen molar-refractivity contribution in [1.29, 1.82) is 0 Å². The lowest BCUT2D eigenvalue weighted by Crippen LogP contribution is -2.46. The van der Waals surface area contributed by atoms with Crippen LogP contribution in [0.4, 0.5) is 0 Å². The zero-order chi connectivity index (χ0) is 20.9. The summed E-state index contributed by atoms with van der Waals surface area (Å²) in [5.41, 5.74) is 4.15. The third-order valence-electron chi connectivity index (χ3n) is 6.07. The zero-order valence-corrected chi connectivity index (χ0v) is 18.0. The van der Waals surface area contributed by atoms with Gasteiger partial charge in [-0.1, -0.05) is 18.2 Å². The maximum absolute atomic E-state index is 5.43. The number of hydrogen-bond donors (Lipinski definition) is 0. The molecule has 0 radical (unpaired) electrons. The molecule has 0 aliphatic carbocycles. The van der Waals surface area contributed by atoms with Crippen molar-refractivity contribution in [3.8, 4) is 11.5 Å². The van der Waals surface area contributed by atoms with Crippen LogP contribution < -0.4 is 9.47 Å². The Morgan fingerprint density at radius 1 is 1.13 bits per heavy atom. The summed E-state index contributed by atoms with van der Waals surface area (Å²) in [6.07, 6.45) is 3.42. The first-order valence-electron chi connectivity index (χ1n) is 10.5. The van der Waals surface area contributed by atoms with Crippen LogP contribution in [-0.4, -0.2) is 67.1 Å². The van der Waals surface area contributed by atoms with E-state index in [4.69, 9.17) is 14.1 Å². The Balaban J connectivity index is 1.34. The molecule has 1 atom stereocenters. The van der Waals surface area contributed by atoms with E-state index in [1.165, 1.54) is 24.0 Å². The summed E-state index contributed by atoms with van der Waals surface area (Å²) in [6.45, 7) is 4.06. The number of hydrogen-bond acceptors (Lipinski definition) is 7. The average Bonchev–Trinajstić information content (AvgIpc) is 3.27. The highest BCUT2D eigenvalue weighted by molar-refractivity contribution is 5.76. The number of fused-ring (bicyclic) bond motifs is 1. The molecule has 4 rings (SSSR count). The quantitative estimate of drug-likeness (QED) is 0.564. The molecular weight excluding hydrogens is 380 g/mol. The van der Waals surface area contributed by atoms with Gasteiger partial charge in [-0.2, -0.15) is 0 Å². The minimum absolute atomic E-state index is 0.550. The first kappa shape index (κ1) is 20.6. The largest absolute Gasteiger partial charge is 0.493 e. The van der Waals surface area contributed by atoms with E-state index in [1.54, 1.807) is 14.2 Å². The van der Waals surface area contributed by atoms with Crippen LogP contribution in [0.15, 0.2) is 41.0 Å². The van der Waals surface area contributed by atoms with Gasteiger partial charge in [0.2, 0.25) is 0 Å². The van der Waals surface area contributed by atoms with Gasteiger partial charge in [-0.3, -0.25) is 4.90 Å². The molecule has 1 unspecified atom stereocenters. The summed E-state index contributed by atoms with van der Waals surface area (Å²) < 4.78 is 15.7. The Bertz CT molecular complexity index is 974. The molecule has 3 aromatic rings. The van der Waals surface area contributed by atoms with Gasteiger partial charge in [0.05, 0.1) is 14.2 Å². The van der Waals surface area contributed by atoms with Gasteiger partial charge in [0.15, 0.2) is 11.5 Å². The van der Waals surface area contributed by atoms with Crippen molar-refractivity contribution in [3.63, 3.8) is 0 Å². The molecule has 2 aromatic carbocycles. The molecule has 0 spiro atoms. The molecule has 2 heterocycles. The number of methoxy groups -OCH3 is 2. The molecule has 1 fully saturated rings. The van der Waals surface area contributed by atoms with Gasteiger partial charge >= 0.3 is 0 Å². The van der Waals surface area contributed by atoms with Gasteiger partial charge in [-0.05, 0) is 72.5 Å². The minimum atomic E-state index is 0.550. The lowest BCUT2D eigenvalue weighted by atomic mass is 10.0. The van der Waals surface area contributed by atoms with Crippen LogP contribution in [0.3, 0.4) is 0 Å². The maximum Gasteiger partial charge on any atom is 0.160 e. The Kier molecular flexibility index (Phi) is 6.50. The number of benzene rings is 2. The molecule has 0 bridgehead atoms. The van der Waals surface area contributed by atoms with Crippen molar-refractivity contribution in [3.05, 3.63) is 47.5 Å². The predicted octanol–water partition coefficient (Wildman–Crippen LogP) is 3.38. The Hall–Kier alpha value is -2.64. The molecule has 1 aliphatic heterocycles. The van der Waals surface area contributed by atoms with Crippen molar-refractivity contribution in [1.82, 2.24) is 20.1 Å². The monoisotopic (exact) mass is 410 g/mol. The zero-order valence-electron chi connectivity index (χ0n) is 18.0. The van der Waals surface area contributed by atoms with Crippen LogP contribution in [0.25, 0.3) is 11.0 Å². The predicted molar refractivity (Wildman–Crippen MR) is 116 cm³/mol. The summed E-state index contributed by atoms with van der Waals surface area (Å²) in [5.74, 6) is 1.56. The SMILES string of the molecule is COc1ccc(CCN(C)C2CCCN(Cc3cccc4nonc34)C2)cc1OC. The molecule has 1 saturated heterocycles. The van der Waals surface area contributed by atoms with Crippen LogP contribution in [-0.2, 0) is 13.0 Å². The van der Waals surface area contributed by atoms with E-state index >= 15 is 0 Å². The first-order valence-corrected chi connectivity index (χ1v) is 10.5. The van der Waals surface area contributed by atoms with Crippen molar-refractivity contribution >= 4 is 11.0 Å².